The molecule has 7 heteroatoms. The van der Waals surface area contributed by atoms with Crippen molar-refractivity contribution in [1.82, 2.24) is 9.78 Å². The van der Waals surface area contributed by atoms with Crippen LogP contribution in [-0.4, -0.2) is 16.9 Å². The molecule has 0 aliphatic heterocycles. The van der Waals surface area contributed by atoms with Crippen molar-refractivity contribution < 1.29 is 9.13 Å². The van der Waals surface area contributed by atoms with E-state index in [4.69, 9.17) is 33.2 Å². The summed E-state index contributed by atoms with van der Waals surface area (Å²) in [5.74, 6) is -0.284. The molecule has 19 heavy (non-hydrogen) atoms. The van der Waals surface area contributed by atoms with E-state index < -0.39 is 5.82 Å². The minimum absolute atomic E-state index is 0.0910. The number of rotatable bonds is 2. The van der Waals surface area contributed by atoms with Gasteiger partial charge in [0.2, 0.25) is 0 Å². The molecular formula is C12H8Cl2FN3O. The quantitative estimate of drug-likeness (QED) is 0.854. The number of nitriles is 1. The Kier molecular flexibility index (Phi) is 3.65. The van der Waals surface area contributed by atoms with Crippen molar-refractivity contribution in [3.63, 3.8) is 0 Å². The molecule has 0 aliphatic rings. The van der Waals surface area contributed by atoms with E-state index in [1.54, 1.807) is 7.05 Å². The molecule has 2 rings (SSSR count). The van der Waals surface area contributed by atoms with Gasteiger partial charge in [-0.1, -0.05) is 23.2 Å². The maximum Gasteiger partial charge on any atom is 0.157 e. The number of hydrogen-bond donors (Lipinski definition) is 0. The number of halogens is 3. The fourth-order valence-electron chi connectivity index (χ4n) is 1.66. The standard InChI is InChI=1S/C12H8Cl2FN3O/c1-18-9(5-16)11(14)12(17-18)6-3-10(19-2)7(13)4-8(6)15/h3-4H,1-2H3. The van der Waals surface area contributed by atoms with Crippen LogP contribution in [0.4, 0.5) is 4.39 Å². The van der Waals surface area contributed by atoms with E-state index >= 15 is 0 Å². The van der Waals surface area contributed by atoms with Gasteiger partial charge in [0.05, 0.1) is 12.1 Å². The number of ether oxygens (including phenoxy) is 1. The summed E-state index contributed by atoms with van der Waals surface area (Å²) in [6.45, 7) is 0. The van der Waals surface area contributed by atoms with Crippen molar-refractivity contribution in [1.29, 1.82) is 5.26 Å². The molecule has 0 bridgehead atoms. The Morgan fingerprint density at radius 2 is 2.11 bits per heavy atom. The van der Waals surface area contributed by atoms with Gasteiger partial charge in [0.15, 0.2) is 5.69 Å². The number of nitrogens with zero attached hydrogens (tertiary/aromatic N) is 3. The Bertz CT molecular complexity index is 691. The first kappa shape index (κ1) is 13.7. The molecule has 1 aromatic heterocycles. The van der Waals surface area contributed by atoms with E-state index in [9.17, 15) is 4.39 Å². The van der Waals surface area contributed by atoms with Gasteiger partial charge in [-0.2, -0.15) is 10.4 Å². The van der Waals surface area contributed by atoms with Crippen molar-refractivity contribution in [2.24, 2.45) is 7.05 Å². The molecule has 98 valence electrons. The third kappa shape index (κ3) is 2.25. The molecule has 1 heterocycles. The predicted molar refractivity (Wildman–Crippen MR) is 69.9 cm³/mol. The third-order valence-electron chi connectivity index (χ3n) is 2.59. The maximum absolute atomic E-state index is 13.9. The topological polar surface area (TPSA) is 50.8 Å². The molecule has 0 spiro atoms. The summed E-state index contributed by atoms with van der Waals surface area (Å²) in [7, 11) is 2.97. The van der Waals surface area contributed by atoms with Gasteiger partial charge >= 0.3 is 0 Å². The highest BCUT2D eigenvalue weighted by molar-refractivity contribution is 6.34. The molecule has 0 unspecified atom stereocenters. The number of benzene rings is 1. The molecule has 0 saturated heterocycles. The summed E-state index contributed by atoms with van der Waals surface area (Å²) in [6.07, 6.45) is 0. The van der Waals surface area contributed by atoms with Gasteiger partial charge in [0.1, 0.15) is 28.4 Å². The lowest BCUT2D eigenvalue weighted by molar-refractivity contribution is 0.414. The van der Waals surface area contributed by atoms with Gasteiger partial charge < -0.3 is 4.74 Å². The summed E-state index contributed by atoms with van der Waals surface area (Å²) < 4.78 is 20.3. The predicted octanol–water partition coefficient (Wildman–Crippen LogP) is 3.41. The molecule has 0 saturated carbocycles. The van der Waals surface area contributed by atoms with Crippen LogP contribution in [0.5, 0.6) is 5.75 Å². The molecule has 0 N–H and O–H groups in total. The van der Waals surface area contributed by atoms with Crippen LogP contribution in [0.2, 0.25) is 10.0 Å². The summed E-state index contributed by atoms with van der Waals surface area (Å²) in [6, 6.07) is 4.42. The van der Waals surface area contributed by atoms with Gasteiger partial charge in [-0.05, 0) is 12.1 Å². The van der Waals surface area contributed by atoms with Crippen LogP contribution in [0, 0.1) is 17.1 Å². The molecule has 0 atom stereocenters. The van der Waals surface area contributed by atoms with Crippen LogP contribution in [0.25, 0.3) is 11.3 Å². The average molecular weight is 300 g/mol. The average Bonchev–Trinajstić information content (AvgIpc) is 2.64. The molecular weight excluding hydrogens is 292 g/mol. The molecule has 2 aromatic rings. The van der Waals surface area contributed by atoms with Crippen LogP contribution in [0.3, 0.4) is 0 Å². The van der Waals surface area contributed by atoms with Crippen molar-refractivity contribution >= 4 is 23.2 Å². The Morgan fingerprint density at radius 1 is 1.42 bits per heavy atom. The zero-order chi connectivity index (χ0) is 14.2. The zero-order valence-corrected chi connectivity index (χ0v) is 11.6. The second kappa shape index (κ2) is 5.08. The lowest BCUT2D eigenvalue weighted by atomic mass is 10.1. The molecule has 0 aliphatic carbocycles. The second-order valence-corrected chi connectivity index (χ2v) is 4.50. The number of aryl methyl sites for hydroxylation is 1. The largest absolute Gasteiger partial charge is 0.495 e. The first-order valence-electron chi connectivity index (χ1n) is 5.15. The van der Waals surface area contributed by atoms with Gasteiger partial charge in [-0.15, -0.1) is 0 Å². The maximum atomic E-state index is 13.9. The van der Waals surface area contributed by atoms with E-state index in [2.05, 4.69) is 5.10 Å². The second-order valence-electron chi connectivity index (χ2n) is 3.71. The minimum Gasteiger partial charge on any atom is -0.495 e. The van der Waals surface area contributed by atoms with Crippen molar-refractivity contribution in [3.05, 3.63) is 33.7 Å². The third-order valence-corrected chi connectivity index (χ3v) is 3.25. The summed E-state index contributed by atoms with van der Waals surface area (Å²) in [4.78, 5) is 0. The van der Waals surface area contributed by atoms with Gasteiger partial charge in [0.25, 0.3) is 0 Å². The van der Waals surface area contributed by atoms with Crippen LogP contribution >= 0.6 is 23.2 Å². The van der Waals surface area contributed by atoms with E-state index in [1.807, 2.05) is 6.07 Å². The van der Waals surface area contributed by atoms with E-state index in [-0.39, 0.29) is 27.0 Å². The highest BCUT2D eigenvalue weighted by Gasteiger charge is 2.20. The first-order chi connectivity index (χ1) is 8.99. The van der Waals surface area contributed by atoms with Gasteiger partial charge in [-0.3, -0.25) is 4.68 Å². The molecule has 0 radical (unpaired) electrons. The molecule has 4 nitrogen and oxygen atoms in total. The van der Waals surface area contributed by atoms with E-state index in [1.165, 1.54) is 17.9 Å². The van der Waals surface area contributed by atoms with Crippen LogP contribution in [0.15, 0.2) is 12.1 Å². The van der Waals surface area contributed by atoms with Crippen molar-refractivity contribution in [3.8, 4) is 23.1 Å². The number of methoxy groups -OCH3 is 1. The smallest absolute Gasteiger partial charge is 0.157 e. The van der Waals surface area contributed by atoms with Crippen molar-refractivity contribution in [2.45, 2.75) is 0 Å². The molecule has 1 aromatic carbocycles. The number of hydrogen-bond acceptors (Lipinski definition) is 3. The zero-order valence-electron chi connectivity index (χ0n) is 10.0. The summed E-state index contributed by atoms with van der Waals surface area (Å²) >= 11 is 11.8. The number of aromatic nitrogens is 2. The van der Waals surface area contributed by atoms with Gasteiger partial charge in [0, 0.05) is 12.6 Å². The van der Waals surface area contributed by atoms with E-state index in [0.717, 1.165) is 6.07 Å². The van der Waals surface area contributed by atoms with Crippen LogP contribution in [-0.2, 0) is 7.05 Å². The fraction of sp³-hybridized carbons (Fsp3) is 0.167. The Morgan fingerprint density at radius 3 is 2.63 bits per heavy atom. The lowest BCUT2D eigenvalue weighted by Crippen LogP contribution is -1.94. The SMILES string of the molecule is COc1cc(-c2nn(C)c(C#N)c2Cl)c(F)cc1Cl. The van der Waals surface area contributed by atoms with Crippen molar-refractivity contribution in [2.75, 3.05) is 7.11 Å². The normalized spacial score (nSPS) is 10.3. The fourth-order valence-corrected chi connectivity index (χ4v) is 2.19. The monoisotopic (exact) mass is 299 g/mol. The molecule has 0 amide bonds. The highest BCUT2D eigenvalue weighted by Crippen LogP contribution is 2.36. The molecule has 0 fully saturated rings. The highest BCUT2D eigenvalue weighted by atomic mass is 35.5. The van der Waals surface area contributed by atoms with E-state index in [0.29, 0.717) is 5.75 Å². The van der Waals surface area contributed by atoms with Gasteiger partial charge in [-0.25, -0.2) is 4.39 Å². The summed E-state index contributed by atoms with van der Waals surface area (Å²) in [5, 5.41) is 13.2. The lowest BCUT2D eigenvalue weighted by Gasteiger charge is -2.06. The van der Waals surface area contributed by atoms with Crippen LogP contribution in [0.1, 0.15) is 5.69 Å². The Hall–Kier alpha value is -1.77. The Balaban J connectivity index is 2.69. The first-order valence-corrected chi connectivity index (χ1v) is 5.91. The minimum atomic E-state index is -0.588. The summed E-state index contributed by atoms with van der Waals surface area (Å²) in [5.41, 5.74) is 0.460. The van der Waals surface area contributed by atoms with Crippen LogP contribution < -0.4 is 4.74 Å². The Labute approximate surface area is 118 Å².